The van der Waals surface area contributed by atoms with Crippen molar-refractivity contribution in [3.8, 4) is 0 Å². The fourth-order valence-corrected chi connectivity index (χ4v) is 4.61. The maximum absolute atomic E-state index is 9.55. The second-order valence-corrected chi connectivity index (χ2v) is 8.48. The van der Waals surface area contributed by atoms with E-state index in [1.165, 1.54) is 0 Å². The second-order valence-electron chi connectivity index (χ2n) is 8.04. The molecule has 4 aromatic rings. The second kappa shape index (κ2) is 8.01. The van der Waals surface area contributed by atoms with Crippen molar-refractivity contribution in [2.45, 2.75) is 26.1 Å². The zero-order valence-corrected chi connectivity index (χ0v) is 18.2. The van der Waals surface area contributed by atoms with E-state index in [1.54, 1.807) is 0 Å². The lowest BCUT2D eigenvalue weighted by atomic mass is 10.1. The largest absolute Gasteiger partial charge is 0.426 e. The number of fused-ring (bicyclic) bond motifs is 3. The maximum atomic E-state index is 9.55. The maximum Gasteiger partial charge on any atom is 0.237 e. The van der Waals surface area contributed by atoms with Gasteiger partial charge in [0, 0.05) is 31.2 Å². The molecule has 1 aliphatic rings. The Morgan fingerprint density at radius 3 is 2.62 bits per heavy atom. The van der Waals surface area contributed by atoms with E-state index in [2.05, 4.69) is 21.2 Å². The smallest absolute Gasteiger partial charge is 0.237 e. The van der Waals surface area contributed by atoms with Crippen molar-refractivity contribution >= 4 is 40.6 Å². The lowest BCUT2D eigenvalue weighted by molar-refractivity contribution is -0.00287. The average molecular weight is 452 g/mol. The van der Waals surface area contributed by atoms with Crippen LogP contribution in [0.3, 0.4) is 0 Å². The molecule has 0 bridgehead atoms. The molecule has 1 fully saturated rings. The molecule has 0 unspecified atom stereocenters. The van der Waals surface area contributed by atoms with Gasteiger partial charge >= 0.3 is 0 Å². The van der Waals surface area contributed by atoms with E-state index >= 15 is 0 Å². The summed E-state index contributed by atoms with van der Waals surface area (Å²) in [5.74, 6) is 0.627. The average Bonchev–Trinajstić information content (AvgIpc) is 3.27. The minimum atomic E-state index is -0.250. The van der Waals surface area contributed by atoms with Gasteiger partial charge in [0.05, 0.1) is 17.1 Å². The number of ether oxygens (including phenoxy) is 1. The van der Waals surface area contributed by atoms with Crippen LogP contribution in [0, 0.1) is 17.7 Å². The molecule has 5 rings (SSSR count). The van der Waals surface area contributed by atoms with Gasteiger partial charge in [-0.15, -0.1) is 10.2 Å². The number of benzene rings is 1. The Balaban J connectivity index is 1.58. The Hall–Kier alpha value is -3.27. The monoisotopic (exact) mass is 451 g/mol. The molecular weight excluding hydrogens is 430 g/mol. The van der Waals surface area contributed by atoms with Gasteiger partial charge in [0.15, 0.2) is 12.0 Å². The number of nitrogens with zero attached hydrogens (tertiary/aromatic N) is 5. The third-order valence-corrected chi connectivity index (χ3v) is 5.93. The summed E-state index contributed by atoms with van der Waals surface area (Å²) in [6, 6.07) is 11.6. The van der Waals surface area contributed by atoms with Crippen molar-refractivity contribution < 1.29 is 9.84 Å². The van der Waals surface area contributed by atoms with Crippen LogP contribution in [0.2, 0.25) is 5.02 Å². The molecule has 0 atom stereocenters. The summed E-state index contributed by atoms with van der Waals surface area (Å²) in [6.45, 7) is 4.40. The molecule has 0 radical (unpaired) electrons. The molecule has 3 aromatic heterocycles. The quantitative estimate of drug-likeness (QED) is 0.308. The van der Waals surface area contributed by atoms with Gasteiger partial charge in [-0.3, -0.25) is 20.1 Å². The third-order valence-electron chi connectivity index (χ3n) is 5.71. The van der Waals surface area contributed by atoms with E-state index in [0.717, 1.165) is 46.6 Å². The van der Waals surface area contributed by atoms with Gasteiger partial charge in [0.1, 0.15) is 11.5 Å². The fourth-order valence-electron chi connectivity index (χ4n) is 4.33. The number of aromatic nitrogens is 4. The summed E-state index contributed by atoms with van der Waals surface area (Å²) in [5.41, 5.74) is 5.06. The van der Waals surface area contributed by atoms with E-state index < -0.39 is 0 Å². The van der Waals surface area contributed by atoms with Crippen molar-refractivity contribution in [3.63, 3.8) is 0 Å². The molecular formula is C22H22ClN7O2. The van der Waals surface area contributed by atoms with Crippen LogP contribution >= 0.6 is 11.6 Å². The van der Waals surface area contributed by atoms with Crippen LogP contribution in [-0.4, -0.2) is 60.7 Å². The van der Waals surface area contributed by atoms with E-state index in [1.807, 2.05) is 46.2 Å². The van der Waals surface area contributed by atoms with Crippen LogP contribution < -0.4 is 0 Å². The predicted molar refractivity (Wildman–Crippen MR) is 122 cm³/mol. The molecule has 1 saturated heterocycles. The van der Waals surface area contributed by atoms with E-state index in [9.17, 15) is 5.11 Å². The molecule has 3 N–H and O–H groups in total. The molecule has 32 heavy (non-hydrogen) atoms. The van der Waals surface area contributed by atoms with Crippen molar-refractivity contribution in [1.29, 1.82) is 10.8 Å². The van der Waals surface area contributed by atoms with Gasteiger partial charge < -0.3 is 14.4 Å². The summed E-state index contributed by atoms with van der Waals surface area (Å²) in [4.78, 5) is 2.16. The number of likely N-dealkylation sites (tertiary alicyclic amines) is 1. The van der Waals surface area contributed by atoms with Crippen molar-refractivity contribution in [3.05, 3.63) is 64.1 Å². The highest BCUT2D eigenvalue weighted by Gasteiger charge is 2.24. The topological polar surface area (TPSA) is 116 Å². The molecule has 9 nitrogen and oxygen atoms in total. The summed E-state index contributed by atoms with van der Waals surface area (Å²) < 4.78 is 9.01. The van der Waals surface area contributed by atoms with Crippen LogP contribution in [0.15, 0.2) is 36.4 Å². The number of pyridine rings is 1. The number of β-amino-alcohol motifs (C(OH)–C–C–N with tert-alkyl or cyclic N) is 1. The van der Waals surface area contributed by atoms with E-state index in [0.29, 0.717) is 30.4 Å². The summed E-state index contributed by atoms with van der Waals surface area (Å²) in [7, 11) is 0. The first-order valence-electron chi connectivity index (χ1n) is 10.2. The Labute approximate surface area is 188 Å². The number of aryl methyl sites for hydroxylation is 1. The number of hydrogen-bond acceptors (Lipinski definition) is 7. The highest BCUT2D eigenvalue weighted by atomic mass is 35.5. The minimum absolute atomic E-state index is 0.119. The Bertz CT molecular complexity index is 1350. The number of nitrogens with one attached hydrogen (secondary N) is 2. The Morgan fingerprint density at radius 1 is 1.16 bits per heavy atom. The van der Waals surface area contributed by atoms with Crippen LogP contribution in [0.25, 0.3) is 16.7 Å². The summed E-state index contributed by atoms with van der Waals surface area (Å²) in [5, 5.41) is 34.1. The molecule has 4 heterocycles. The third kappa shape index (κ3) is 3.64. The standard InChI is InChI=1S/C22H22ClN7O2/c1-13-26-27-21-3-2-18-19(30(13)21)7-20(22(25)32-12-24)29(18)9-15-4-14(5-16(23)6-15)8-28-10-17(31)11-28/h2-7,12,17,24-25,31H,8-11H2,1H3. The summed E-state index contributed by atoms with van der Waals surface area (Å²) in [6.07, 6.45) is 0.503. The molecule has 164 valence electrons. The number of aliphatic hydroxyl groups is 1. The first kappa shape index (κ1) is 20.6. The SMILES string of the molecule is Cc1nnc2ccc3c(cc(C(=N)OC=N)n3Cc3cc(Cl)cc(CN4CC(O)C4)c3)n12. The zero-order chi connectivity index (χ0) is 22.4. The molecule has 10 heteroatoms. The number of rotatable bonds is 6. The lowest BCUT2D eigenvalue weighted by Gasteiger charge is -2.35. The van der Waals surface area contributed by atoms with Crippen LogP contribution in [0.4, 0.5) is 0 Å². The first-order valence-corrected chi connectivity index (χ1v) is 10.6. The van der Waals surface area contributed by atoms with Gasteiger partial charge in [-0.05, 0) is 48.4 Å². The van der Waals surface area contributed by atoms with Crippen molar-refractivity contribution in [1.82, 2.24) is 24.1 Å². The van der Waals surface area contributed by atoms with E-state index in [-0.39, 0.29) is 12.0 Å². The molecule has 0 spiro atoms. The minimum Gasteiger partial charge on any atom is -0.426 e. The first-order chi connectivity index (χ1) is 15.4. The normalized spacial score (nSPS) is 14.7. The van der Waals surface area contributed by atoms with E-state index in [4.69, 9.17) is 27.2 Å². The van der Waals surface area contributed by atoms with Gasteiger partial charge in [0.25, 0.3) is 0 Å². The Kier molecular flexibility index (Phi) is 5.16. The van der Waals surface area contributed by atoms with Gasteiger partial charge in [-0.1, -0.05) is 17.7 Å². The number of hydrogen-bond donors (Lipinski definition) is 3. The molecule has 0 amide bonds. The fraction of sp³-hybridized carbons (Fsp3) is 0.273. The van der Waals surface area contributed by atoms with Crippen LogP contribution in [0.1, 0.15) is 22.6 Å². The number of aliphatic hydroxyl groups excluding tert-OH is 1. The molecule has 1 aromatic carbocycles. The van der Waals surface area contributed by atoms with Gasteiger partial charge in [0.2, 0.25) is 5.90 Å². The molecule has 1 aliphatic heterocycles. The highest BCUT2D eigenvalue weighted by Crippen LogP contribution is 2.26. The predicted octanol–water partition coefficient (Wildman–Crippen LogP) is 2.82. The van der Waals surface area contributed by atoms with Gasteiger partial charge in [-0.25, -0.2) is 0 Å². The molecule has 0 aliphatic carbocycles. The van der Waals surface area contributed by atoms with Crippen LogP contribution in [0.5, 0.6) is 0 Å². The van der Waals surface area contributed by atoms with Crippen molar-refractivity contribution in [2.75, 3.05) is 13.1 Å². The number of halogens is 1. The molecule has 0 saturated carbocycles. The highest BCUT2D eigenvalue weighted by molar-refractivity contribution is 6.30. The summed E-state index contributed by atoms with van der Waals surface area (Å²) >= 11 is 6.42. The zero-order valence-electron chi connectivity index (χ0n) is 17.4. The van der Waals surface area contributed by atoms with Crippen molar-refractivity contribution in [2.24, 2.45) is 0 Å². The lowest BCUT2D eigenvalue weighted by Crippen LogP contribution is -2.49. The van der Waals surface area contributed by atoms with Gasteiger partial charge in [-0.2, -0.15) is 0 Å². The van der Waals surface area contributed by atoms with Crippen LogP contribution in [-0.2, 0) is 17.8 Å². The Morgan fingerprint density at radius 2 is 1.91 bits per heavy atom.